The number of hydrogen-bond donors (Lipinski definition) is 2. The molecule has 1 aromatic heterocycles. The summed E-state index contributed by atoms with van der Waals surface area (Å²) in [5, 5.41) is 5.82. The fraction of sp³-hybridized carbons (Fsp3) is 0.615. The van der Waals surface area contributed by atoms with Gasteiger partial charge in [-0.1, -0.05) is 6.92 Å². The molecule has 2 rings (SSSR count). The van der Waals surface area contributed by atoms with Crippen molar-refractivity contribution in [2.24, 2.45) is 0 Å². The summed E-state index contributed by atoms with van der Waals surface area (Å²) in [6.07, 6.45) is 3.10. The van der Waals surface area contributed by atoms with Crippen LogP contribution < -0.4 is 15.4 Å². The van der Waals surface area contributed by atoms with Crippen molar-refractivity contribution >= 4 is 11.9 Å². The molecule has 1 amide bonds. The van der Waals surface area contributed by atoms with Gasteiger partial charge in [-0.3, -0.25) is 4.79 Å². The quantitative estimate of drug-likeness (QED) is 0.775. The second kappa shape index (κ2) is 6.36. The maximum Gasteiger partial charge on any atom is 0.239 e. The smallest absolute Gasteiger partial charge is 0.239 e. The molecule has 6 heteroatoms. The van der Waals surface area contributed by atoms with Crippen LogP contribution in [-0.2, 0) is 4.79 Å². The molecule has 1 aliphatic rings. The summed E-state index contributed by atoms with van der Waals surface area (Å²) in [5.41, 5.74) is 0.811. The molecule has 1 heterocycles. The average molecular weight is 264 g/mol. The molecule has 0 spiro atoms. The molecule has 1 aromatic rings. The van der Waals surface area contributed by atoms with E-state index in [0.29, 0.717) is 24.5 Å². The minimum atomic E-state index is -0.0244. The van der Waals surface area contributed by atoms with Crippen LogP contribution in [-0.4, -0.2) is 35.1 Å². The second-order valence-electron chi connectivity index (χ2n) is 4.71. The fourth-order valence-corrected chi connectivity index (χ4v) is 1.57. The molecule has 0 bridgehead atoms. The van der Waals surface area contributed by atoms with Crippen LogP contribution in [0.1, 0.15) is 31.9 Å². The minimum absolute atomic E-state index is 0.0244. The highest BCUT2D eigenvalue weighted by molar-refractivity contribution is 5.80. The van der Waals surface area contributed by atoms with Crippen molar-refractivity contribution in [3.05, 3.63) is 11.8 Å². The molecule has 6 nitrogen and oxygen atoms in total. The summed E-state index contributed by atoms with van der Waals surface area (Å²) in [6.45, 7) is 4.72. The zero-order chi connectivity index (χ0) is 13.7. The van der Waals surface area contributed by atoms with Gasteiger partial charge in [-0.05, 0) is 26.2 Å². The highest BCUT2D eigenvalue weighted by Gasteiger charge is 2.22. The molecule has 0 radical (unpaired) electrons. The second-order valence-corrected chi connectivity index (χ2v) is 4.71. The zero-order valence-electron chi connectivity index (χ0n) is 11.4. The maximum atomic E-state index is 11.5. The Morgan fingerprint density at radius 1 is 1.47 bits per heavy atom. The Morgan fingerprint density at radius 3 is 2.95 bits per heavy atom. The van der Waals surface area contributed by atoms with Crippen molar-refractivity contribution < 1.29 is 9.53 Å². The summed E-state index contributed by atoms with van der Waals surface area (Å²) in [4.78, 5) is 20.0. The van der Waals surface area contributed by atoms with Crippen molar-refractivity contribution in [3.8, 4) is 5.88 Å². The number of carbonyl (C=O) groups excluding carboxylic acids is 1. The number of amides is 1. The largest absolute Gasteiger partial charge is 0.478 e. The van der Waals surface area contributed by atoms with Crippen molar-refractivity contribution in [1.82, 2.24) is 15.3 Å². The molecular formula is C13H20N4O2. The number of nitrogens with zero attached hydrogens (tertiary/aromatic N) is 2. The van der Waals surface area contributed by atoms with Crippen LogP contribution in [0.3, 0.4) is 0 Å². The molecule has 1 saturated carbocycles. The van der Waals surface area contributed by atoms with E-state index < -0.39 is 0 Å². The topological polar surface area (TPSA) is 76.1 Å². The number of ether oxygens (including phenoxy) is 1. The van der Waals surface area contributed by atoms with Gasteiger partial charge in [0.15, 0.2) is 0 Å². The van der Waals surface area contributed by atoms with Crippen molar-refractivity contribution in [3.63, 3.8) is 0 Å². The highest BCUT2D eigenvalue weighted by Crippen LogP contribution is 2.18. The minimum Gasteiger partial charge on any atom is -0.478 e. The van der Waals surface area contributed by atoms with Gasteiger partial charge in [-0.2, -0.15) is 4.98 Å². The van der Waals surface area contributed by atoms with Crippen molar-refractivity contribution in [2.75, 3.05) is 18.5 Å². The van der Waals surface area contributed by atoms with E-state index in [2.05, 4.69) is 20.6 Å². The summed E-state index contributed by atoms with van der Waals surface area (Å²) >= 11 is 0. The summed E-state index contributed by atoms with van der Waals surface area (Å²) in [6, 6.07) is 2.15. The molecule has 0 unspecified atom stereocenters. The Morgan fingerprint density at radius 2 is 2.26 bits per heavy atom. The van der Waals surface area contributed by atoms with E-state index in [0.717, 1.165) is 25.0 Å². The molecule has 19 heavy (non-hydrogen) atoms. The van der Waals surface area contributed by atoms with Crippen LogP contribution in [0.4, 0.5) is 5.95 Å². The number of rotatable bonds is 7. The van der Waals surface area contributed by atoms with E-state index in [1.54, 1.807) is 6.07 Å². The molecule has 2 N–H and O–H groups in total. The lowest BCUT2D eigenvalue weighted by molar-refractivity contribution is -0.119. The molecular weight excluding hydrogens is 244 g/mol. The van der Waals surface area contributed by atoms with Gasteiger partial charge in [-0.25, -0.2) is 4.98 Å². The van der Waals surface area contributed by atoms with Gasteiger partial charge in [0.2, 0.25) is 17.7 Å². The predicted octanol–water partition coefficient (Wildman–Crippen LogP) is 1.26. The lowest BCUT2D eigenvalue weighted by Crippen LogP contribution is -2.31. The monoisotopic (exact) mass is 264 g/mol. The van der Waals surface area contributed by atoms with E-state index in [9.17, 15) is 4.79 Å². The van der Waals surface area contributed by atoms with Crippen LogP contribution >= 0.6 is 0 Å². The Bertz CT molecular complexity index is 446. The molecule has 104 valence electrons. The van der Waals surface area contributed by atoms with E-state index in [-0.39, 0.29) is 12.5 Å². The van der Waals surface area contributed by atoms with Crippen LogP contribution in [0.2, 0.25) is 0 Å². The SMILES string of the molecule is CCCOc1cc(C)nc(NCC(=O)NC2CC2)n1. The van der Waals surface area contributed by atoms with Gasteiger partial charge < -0.3 is 15.4 Å². The number of anilines is 1. The van der Waals surface area contributed by atoms with Gasteiger partial charge in [0, 0.05) is 17.8 Å². The zero-order valence-corrected chi connectivity index (χ0v) is 11.4. The number of aromatic nitrogens is 2. The van der Waals surface area contributed by atoms with Crippen LogP contribution in [0.25, 0.3) is 0 Å². The highest BCUT2D eigenvalue weighted by atomic mass is 16.5. The standard InChI is InChI=1S/C13H20N4O2/c1-3-6-19-12-7-9(2)15-13(17-12)14-8-11(18)16-10-4-5-10/h7,10H,3-6,8H2,1-2H3,(H,16,18)(H,14,15,17). The molecule has 1 aliphatic carbocycles. The van der Waals surface area contributed by atoms with Crippen LogP contribution in [0, 0.1) is 6.92 Å². The van der Waals surface area contributed by atoms with Crippen molar-refractivity contribution in [2.45, 2.75) is 39.2 Å². The third-order valence-electron chi connectivity index (χ3n) is 2.63. The van der Waals surface area contributed by atoms with E-state index in [4.69, 9.17) is 4.74 Å². The third kappa shape index (κ3) is 4.73. The molecule has 1 fully saturated rings. The third-order valence-corrected chi connectivity index (χ3v) is 2.63. The van der Waals surface area contributed by atoms with Crippen molar-refractivity contribution in [1.29, 1.82) is 0 Å². The Kier molecular flexibility index (Phi) is 4.54. The number of aryl methyl sites for hydroxylation is 1. The van der Waals surface area contributed by atoms with Gasteiger partial charge in [0.25, 0.3) is 0 Å². The van der Waals surface area contributed by atoms with E-state index in [1.165, 1.54) is 0 Å². The Labute approximate surface area is 113 Å². The van der Waals surface area contributed by atoms with E-state index >= 15 is 0 Å². The first kappa shape index (κ1) is 13.6. The Hall–Kier alpha value is -1.85. The van der Waals surface area contributed by atoms with Gasteiger partial charge >= 0.3 is 0 Å². The molecule has 0 aliphatic heterocycles. The molecule has 0 aromatic carbocycles. The first-order valence-electron chi connectivity index (χ1n) is 6.69. The summed E-state index contributed by atoms with van der Waals surface area (Å²) in [5.74, 6) is 0.945. The predicted molar refractivity (Wildman–Crippen MR) is 72.2 cm³/mol. The van der Waals surface area contributed by atoms with E-state index in [1.807, 2.05) is 13.8 Å². The lowest BCUT2D eigenvalue weighted by Gasteiger charge is -2.09. The lowest BCUT2D eigenvalue weighted by atomic mass is 10.4. The number of nitrogens with one attached hydrogen (secondary N) is 2. The van der Waals surface area contributed by atoms with Crippen LogP contribution in [0.5, 0.6) is 5.88 Å². The summed E-state index contributed by atoms with van der Waals surface area (Å²) in [7, 11) is 0. The van der Waals surface area contributed by atoms with Gasteiger partial charge in [-0.15, -0.1) is 0 Å². The first-order chi connectivity index (χ1) is 9.17. The fourth-order valence-electron chi connectivity index (χ4n) is 1.57. The maximum absolute atomic E-state index is 11.5. The Balaban J connectivity index is 1.87. The van der Waals surface area contributed by atoms with Gasteiger partial charge in [0.05, 0.1) is 13.2 Å². The number of carbonyl (C=O) groups is 1. The van der Waals surface area contributed by atoms with Gasteiger partial charge in [0.1, 0.15) is 0 Å². The molecule has 0 atom stereocenters. The normalized spacial score (nSPS) is 14.0. The van der Waals surface area contributed by atoms with Crippen LogP contribution in [0.15, 0.2) is 6.07 Å². The molecule has 0 saturated heterocycles. The first-order valence-corrected chi connectivity index (χ1v) is 6.69. The number of hydrogen-bond acceptors (Lipinski definition) is 5. The average Bonchev–Trinajstić information content (AvgIpc) is 3.17. The summed E-state index contributed by atoms with van der Waals surface area (Å²) < 4.78 is 5.47.